The third kappa shape index (κ3) is 2.49. The van der Waals surface area contributed by atoms with E-state index in [4.69, 9.17) is 9.63 Å². The lowest BCUT2D eigenvalue weighted by Gasteiger charge is -2.06. The Balaban J connectivity index is 2.09. The second-order valence-electron chi connectivity index (χ2n) is 4.45. The summed E-state index contributed by atoms with van der Waals surface area (Å²) in [5, 5.41) is 12.9. The summed E-state index contributed by atoms with van der Waals surface area (Å²) in [7, 11) is 0. The average molecular weight is 297 g/mol. The molecule has 0 saturated heterocycles. The molecule has 0 unspecified atom stereocenters. The van der Waals surface area contributed by atoms with Crippen molar-refractivity contribution < 1.29 is 22.8 Å². The molecule has 3 aromatic rings. The highest BCUT2D eigenvalue weighted by Crippen LogP contribution is 2.34. The number of aromatic nitrogens is 3. The predicted molar refractivity (Wildman–Crippen MR) is 67.4 cm³/mol. The molecule has 0 aliphatic carbocycles. The van der Waals surface area contributed by atoms with Gasteiger partial charge in [0.15, 0.2) is 0 Å². The molecule has 0 saturated carbocycles. The Morgan fingerprint density at radius 2 is 2.10 bits per heavy atom. The molecule has 2 heterocycles. The van der Waals surface area contributed by atoms with E-state index in [0.717, 1.165) is 12.1 Å². The summed E-state index contributed by atoms with van der Waals surface area (Å²) in [6.07, 6.45) is -2.69. The molecule has 1 aromatic carbocycles. The normalized spacial score (nSPS) is 12.2. The molecular formula is C13H10F3N3O2. The van der Waals surface area contributed by atoms with Crippen LogP contribution in [0.5, 0.6) is 0 Å². The van der Waals surface area contributed by atoms with Crippen molar-refractivity contribution in [3.63, 3.8) is 0 Å². The molecule has 0 aliphatic heterocycles. The molecule has 5 nitrogen and oxygen atoms in total. The van der Waals surface area contributed by atoms with Crippen molar-refractivity contribution in [2.24, 2.45) is 0 Å². The Bertz CT molecular complexity index is 776. The Morgan fingerprint density at radius 3 is 2.81 bits per heavy atom. The highest BCUT2D eigenvalue weighted by atomic mass is 19.4. The maximum absolute atomic E-state index is 12.8. The van der Waals surface area contributed by atoms with E-state index < -0.39 is 11.7 Å². The van der Waals surface area contributed by atoms with E-state index >= 15 is 0 Å². The lowest BCUT2D eigenvalue weighted by molar-refractivity contribution is -0.137. The molecule has 0 spiro atoms. The fraction of sp³-hybridized carbons (Fsp3) is 0.231. The molecule has 0 bridgehead atoms. The van der Waals surface area contributed by atoms with Crippen LogP contribution in [0.4, 0.5) is 13.2 Å². The Hall–Kier alpha value is -2.35. The molecule has 0 radical (unpaired) electrons. The Kier molecular flexibility index (Phi) is 3.17. The van der Waals surface area contributed by atoms with Gasteiger partial charge >= 0.3 is 6.18 Å². The molecule has 3 rings (SSSR count). The van der Waals surface area contributed by atoms with Crippen molar-refractivity contribution in [2.75, 3.05) is 6.61 Å². The van der Waals surface area contributed by atoms with Crippen LogP contribution in [0.25, 0.3) is 22.3 Å². The number of nitrogens with zero attached hydrogens (tertiary/aromatic N) is 2. The first kappa shape index (κ1) is 13.6. The van der Waals surface area contributed by atoms with Crippen LogP contribution in [0, 0.1) is 0 Å². The molecule has 21 heavy (non-hydrogen) atoms. The maximum Gasteiger partial charge on any atom is 0.416 e. The maximum atomic E-state index is 12.8. The van der Waals surface area contributed by atoms with Gasteiger partial charge in [-0.3, -0.25) is 0 Å². The van der Waals surface area contributed by atoms with Crippen LogP contribution in [0.2, 0.25) is 0 Å². The minimum absolute atomic E-state index is 0.145. The largest absolute Gasteiger partial charge is 0.416 e. The van der Waals surface area contributed by atoms with Gasteiger partial charge in [-0.2, -0.15) is 18.2 Å². The summed E-state index contributed by atoms with van der Waals surface area (Å²) in [5.41, 5.74) is 0.227. The Labute approximate surface area is 116 Å². The second-order valence-corrected chi connectivity index (χ2v) is 4.45. The number of nitrogens with one attached hydrogen (secondary N) is 1. The van der Waals surface area contributed by atoms with Crippen LogP contribution in [-0.4, -0.2) is 26.8 Å². The molecule has 2 aromatic heterocycles. The van der Waals surface area contributed by atoms with Gasteiger partial charge in [0.1, 0.15) is 0 Å². The number of H-pyrrole nitrogens is 1. The van der Waals surface area contributed by atoms with Crippen molar-refractivity contribution in [3.8, 4) is 11.4 Å². The van der Waals surface area contributed by atoms with E-state index in [0.29, 0.717) is 16.5 Å². The lowest BCUT2D eigenvalue weighted by atomic mass is 10.1. The summed E-state index contributed by atoms with van der Waals surface area (Å²) in [4.78, 5) is 6.91. The zero-order valence-corrected chi connectivity index (χ0v) is 10.6. The molecule has 0 aliphatic rings. The van der Waals surface area contributed by atoms with Crippen molar-refractivity contribution in [1.82, 2.24) is 15.1 Å². The molecule has 0 amide bonds. The first-order valence-corrected chi connectivity index (χ1v) is 6.11. The van der Waals surface area contributed by atoms with Gasteiger partial charge < -0.3 is 14.6 Å². The van der Waals surface area contributed by atoms with Gasteiger partial charge in [0, 0.05) is 22.7 Å². The van der Waals surface area contributed by atoms with Gasteiger partial charge in [-0.05, 0) is 18.2 Å². The summed E-state index contributed by atoms with van der Waals surface area (Å²) in [6, 6.07) is 3.41. The first-order chi connectivity index (χ1) is 9.99. The van der Waals surface area contributed by atoms with Gasteiger partial charge in [-0.15, -0.1) is 0 Å². The number of hydrogen-bond acceptors (Lipinski definition) is 4. The van der Waals surface area contributed by atoms with Crippen LogP contribution in [-0.2, 0) is 12.6 Å². The lowest BCUT2D eigenvalue weighted by Crippen LogP contribution is -2.04. The topological polar surface area (TPSA) is 74.9 Å². The summed E-state index contributed by atoms with van der Waals surface area (Å²) >= 11 is 0. The smallest absolute Gasteiger partial charge is 0.396 e. The number of aliphatic hydroxyl groups excluding tert-OH is 1. The third-order valence-corrected chi connectivity index (χ3v) is 3.04. The highest BCUT2D eigenvalue weighted by Gasteiger charge is 2.31. The number of halogens is 3. The van der Waals surface area contributed by atoms with E-state index in [1.165, 1.54) is 12.3 Å². The highest BCUT2D eigenvalue weighted by molar-refractivity contribution is 5.94. The minimum atomic E-state index is -4.41. The molecule has 8 heteroatoms. The standard InChI is InChI=1S/C13H10F3N3O2/c14-13(15,16)7-1-2-10-8(5-7)9(6-17-10)12-18-11(3-4-20)21-19-12/h1-2,5-6,17,20H,3-4H2. The van der Waals surface area contributed by atoms with Gasteiger partial charge in [-0.25, -0.2) is 0 Å². The quantitative estimate of drug-likeness (QED) is 0.779. The fourth-order valence-electron chi connectivity index (χ4n) is 2.04. The monoisotopic (exact) mass is 297 g/mol. The van der Waals surface area contributed by atoms with Gasteiger partial charge in [-0.1, -0.05) is 5.16 Å². The summed E-state index contributed by atoms with van der Waals surface area (Å²) < 4.78 is 43.2. The second kappa shape index (κ2) is 4.88. The van der Waals surface area contributed by atoms with E-state index in [9.17, 15) is 13.2 Å². The van der Waals surface area contributed by atoms with E-state index in [1.54, 1.807) is 0 Å². The fourth-order valence-corrected chi connectivity index (χ4v) is 2.04. The number of aliphatic hydroxyl groups is 1. The van der Waals surface area contributed by atoms with Crippen LogP contribution >= 0.6 is 0 Å². The van der Waals surface area contributed by atoms with Crippen LogP contribution in [0.3, 0.4) is 0 Å². The van der Waals surface area contributed by atoms with Crippen molar-refractivity contribution in [2.45, 2.75) is 12.6 Å². The molecule has 0 atom stereocenters. The number of rotatable bonds is 3. The van der Waals surface area contributed by atoms with E-state index in [-0.39, 0.29) is 24.7 Å². The van der Waals surface area contributed by atoms with Gasteiger partial charge in [0.25, 0.3) is 0 Å². The van der Waals surface area contributed by atoms with Crippen molar-refractivity contribution >= 4 is 10.9 Å². The molecular weight excluding hydrogens is 287 g/mol. The SMILES string of the molecule is OCCc1nc(-c2c[nH]c3ccc(C(F)(F)F)cc23)no1. The number of alkyl halides is 3. The predicted octanol–water partition coefficient (Wildman–Crippen LogP) is 2.77. The zero-order chi connectivity index (χ0) is 15.0. The molecule has 0 fully saturated rings. The van der Waals surface area contributed by atoms with Crippen LogP contribution in [0.1, 0.15) is 11.5 Å². The van der Waals surface area contributed by atoms with Gasteiger partial charge in [0.05, 0.1) is 18.6 Å². The third-order valence-electron chi connectivity index (χ3n) is 3.04. The molecule has 110 valence electrons. The average Bonchev–Trinajstić information content (AvgIpc) is 3.03. The zero-order valence-electron chi connectivity index (χ0n) is 10.6. The van der Waals surface area contributed by atoms with Crippen molar-refractivity contribution in [3.05, 3.63) is 35.9 Å². The summed E-state index contributed by atoms with van der Waals surface area (Å²) in [6.45, 7) is -0.145. The van der Waals surface area contributed by atoms with Crippen LogP contribution < -0.4 is 0 Å². The first-order valence-electron chi connectivity index (χ1n) is 6.11. The van der Waals surface area contributed by atoms with Crippen molar-refractivity contribution in [1.29, 1.82) is 0 Å². The van der Waals surface area contributed by atoms with Gasteiger partial charge in [0.2, 0.25) is 11.7 Å². The Morgan fingerprint density at radius 1 is 1.29 bits per heavy atom. The number of aromatic amines is 1. The summed E-state index contributed by atoms with van der Waals surface area (Å²) in [5.74, 6) is 0.415. The number of benzene rings is 1. The number of fused-ring (bicyclic) bond motifs is 1. The van der Waals surface area contributed by atoms with E-state index in [1.807, 2.05) is 0 Å². The molecule has 2 N–H and O–H groups in total. The van der Waals surface area contributed by atoms with Crippen LogP contribution in [0.15, 0.2) is 28.9 Å². The minimum Gasteiger partial charge on any atom is -0.396 e. The number of hydrogen-bond donors (Lipinski definition) is 2. The van der Waals surface area contributed by atoms with E-state index in [2.05, 4.69) is 15.1 Å².